The zero-order chi connectivity index (χ0) is 18.3. The number of nitrogens with one attached hydrogen (secondary N) is 3. The second-order valence-corrected chi connectivity index (χ2v) is 6.62. The molecule has 0 saturated carbocycles. The van der Waals surface area contributed by atoms with E-state index in [-0.39, 0.29) is 42.0 Å². The number of nitrogens with zero attached hydrogens (tertiary/aromatic N) is 2. The van der Waals surface area contributed by atoms with Crippen molar-refractivity contribution in [2.45, 2.75) is 46.7 Å². The van der Waals surface area contributed by atoms with Crippen molar-refractivity contribution in [1.29, 1.82) is 0 Å². The summed E-state index contributed by atoms with van der Waals surface area (Å²) >= 11 is 0. The van der Waals surface area contributed by atoms with Gasteiger partial charge in [-0.3, -0.25) is 14.8 Å². The third kappa shape index (κ3) is 7.89. The molecule has 142 valence electrons. The molecule has 0 aliphatic carbocycles. The topological polar surface area (TPSA) is 87.6 Å². The Bertz CT molecular complexity index is 612. The normalized spacial score (nSPS) is 11.4. The van der Waals surface area contributed by atoms with Gasteiger partial charge in [-0.15, -0.1) is 24.0 Å². The van der Waals surface area contributed by atoms with E-state index >= 15 is 0 Å². The Balaban J connectivity index is 0.00000576. The lowest BCUT2D eigenvalue weighted by atomic mass is 10.1. The first-order valence-electron chi connectivity index (χ1n) is 7.92. The molecule has 1 aromatic rings. The number of aromatic nitrogens is 1. The summed E-state index contributed by atoms with van der Waals surface area (Å²) in [5.41, 5.74) is 2.61. The molecule has 7 nitrogen and oxygen atoms in total. The van der Waals surface area contributed by atoms with Crippen molar-refractivity contribution in [3.8, 4) is 5.75 Å². The van der Waals surface area contributed by atoms with Crippen LogP contribution >= 0.6 is 24.0 Å². The van der Waals surface area contributed by atoms with Crippen LogP contribution in [0.1, 0.15) is 37.6 Å². The number of aliphatic imine (C=N–C) groups is 1. The van der Waals surface area contributed by atoms with E-state index in [9.17, 15) is 4.79 Å². The highest BCUT2D eigenvalue weighted by molar-refractivity contribution is 14.0. The van der Waals surface area contributed by atoms with Crippen LogP contribution in [0.15, 0.2) is 11.2 Å². The molecule has 25 heavy (non-hydrogen) atoms. The molecule has 0 aliphatic rings. The van der Waals surface area contributed by atoms with Crippen molar-refractivity contribution in [3.05, 3.63) is 23.0 Å². The Morgan fingerprint density at radius 3 is 2.44 bits per heavy atom. The van der Waals surface area contributed by atoms with Crippen molar-refractivity contribution < 1.29 is 9.53 Å². The summed E-state index contributed by atoms with van der Waals surface area (Å²) < 4.78 is 5.41. The van der Waals surface area contributed by atoms with Gasteiger partial charge in [0.15, 0.2) is 5.96 Å². The molecule has 0 spiro atoms. The van der Waals surface area contributed by atoms with E-state index in [1.807, 2.05) is 34.6 Å². The summed E-state index contributed by atoms with van der Waals surface area (Å²) in [6.45, 7) is 10.4. The molecule has 0 radical (unpaired) electrons. The maximum Gasteiger partial charge on any atom is 0.239 e. The molecule has 0 atom stereocenters. The van der Waals surface area contributed by atoms with Crippen LogP contribution in [-0.4, -0.2) is 43.1 Å². The molecule has 0 fully saturated rings. The van der Waals surface area contributed by atoms with Gasteiger partial charge in [-0.05, 0) is 34.6 Å². The second-order valence-electron chi connectivity index (χ2n) is 6.62. The fourth-order valence-corrected chi connectivity index (χ4v) is 2.26. The van der Waals surface area contributed by atoms with Crippen molar-refractivity contribution in [2.24, 2.45) is 4.99 Å². The number of aryl methyl sites for hydroxylation is 1. The molecule has 1 rings (SSSR count). The molecule has 1 aromatic heterocycles. The first-order chi connectivity index (χ1) is 11.2. The Morgan fingerprint density at radius 1 is 1.28 bits per heavy atom. The number of ether oxygens (including phenoxy) is 1. The largest absolute Gasteiger partial charge is 0.496 e. The molecule has 0 saturated heterocycles. The minimum absolute atomic E-state index is 0. The number of hydrogen-bond acceptors (Lipinski definition) is 4. The van der Waals surface area contributed by atoms with Crippen LogP contribution in [0.2, 0.25) is 0 Å². The molecule has 0 bridgehead atoms. The highest BCUT2D eigenvalue weighted by Gasteiger charge is 2.14. The third-order valence-electron chi connectivity index (χ3n) is 3.33. The predicted octanol–water partition coefficient (Wildman–Crippen LogP) is 1.90. The average molecular weight is 463 g/mol. The number of methoxy groups -OCH3 is 1. The summed E-state index contributed by atoms with van der Waals surface area (Å²) in [6.07, 6.45) is 1.79. The van der Waals surface area contributed by atoms with Gasteiger partial charge in [0.05, 0.1) is 25.9 Å². The van der Waals surface area contributed by atoms with Crippen molar-refractivity contribution >= 4 is 35.8 Å². The van der Waals surface area contributed by atoms with E-state index in [1.54, 1.807) is 20.4 Å². The number of rotatable bonds is 5. The standard InChI is InChI=1S/C17H29N5O2.HI/c1-11-8-19-13(12(2)15(11)24-7)9-20-16(18-6)21-10-14(23)22-17(3,4)5;/h8H,9-10H2,1-7H3,(H,22,23)(H2,18,20,21);1H. The maximum absolute atomic E-state index is 11.8. The predicted molar refractivity (Wildman–Crippen MR) is 112 cm³/mol. The van der Waals surface area contributed by atoms with Crippen LogP contribution in [0.3, 0.4) is 0 Å². The Hall–Kier alpha value is -1.58. The SMILES string of the molecule is CN=C(NCC(=O)NC(C)(C)C)NCc1ncc(C)c(OC)c1C.I. The summed E-state index contributed by atoms with van der Waals surface area (Å²) in [4.78, 5) is 20.4. The third-order valence-corrected chi connectivity index (χ3v) is 3.33. The Kier molecular flexibility index (Phi) is 9.76. The second kappa shape index (κ2) is 10.4. The van der Waals surface area contributed by atoms with Crippen LogP contribution in [0.25, 0.3) is 0 Å². The fourth-order valence-electron chi connectivity index (χ4n) is 2.26. The quantitative estimate of drug-likeness (QED) is 0.353. The van der Waals surface area contributed by atoms with Gasteiger partial charge in [0.25, 0.3) is 0 Å². The lowest BCUT2D eigenvalue weighted by Crippen LogP contribution is -2.48. The average Bonchev–Trinajstić information content (AvgIpc) is 2.48. The van der Waals surface area contributed by atoms with Gasteiger partial charge < -0.3 is 20.7 Å². The summed E-state index contributed by atoms with van der Waals surface area (Å²) in [5.74, 6) is 1.30. The Morgan fingerprint density at radius 2 is 1.92 bits per heavy atom. The van der Waals surface area contributed by atoms with E-state index in [1.165, 1.54) is 0 Å². The number of pyridine rings is 1. The van der Waals surface area contributed by atoms with Crippen molar-refractivity contribution in [3.63, 3.8) is 0 Å². The van der Waals surface area contributed by atoms with Gasteiger partial charge in [0.2, 0.25) is 5.91 Å². The lowest BCUT2D eigenvalue weighted by molar-refractivity contribution is -0.121. The molecule has 0 unspecified atom stereocenters. The number of hydrogen-bond donors (Lipinski definition) is 3. The van der Waals surface area contributed by atoms with Crippen molar-refractivity contribution in [1.82, 2.24) is 20.9 Å². The number of carbonyl (C=O) groups is 1. The van der Waals surface area contributed by atoms with E-state index < -0.39 is 0 Å². The molecule has 3 N–H and O–H groups in total. The van der Waals surface area contributed by atoms with E-state index in [2.05, 4.69) is 25.9 Å². The van der Waals surface area contributed by atoms with Gasteiger partial charge >= 0.3 is 0 Å². The minimum Gasteiger partial charge on any atom is -0.496 e. The molecular weight excluding hydrogens is 433 g/mol. The molecule has 0 aromatic carbocycles. The molecule has 8 heteroatoms. The van der Waals surface area contributed by atoms with Crippen molar-refractivity contribution in [2.75, 3.05) is 20.7 Å². The van der Waals surface area contributed by atoms with Gasteiger partial charge in [0.1, 0.15) is 5.75 Å². The van der Waals surface area contributed by atoms with Crippen LogP contribution in [0.4, 0.5) is 0 Å². The zero-order valence-corrected chi connectivity index (χ0v) is 18.4. The molecular formula is C17H30IN5O2. The number of carbonyl (C=O) groups excluding carboxylic acids is 1. The molecule has 1 amide bonds. The maximum atomic E-state index is 11.8. The number of halogens is 1. The van der Waals surface area contributed by atoms with E-state index in [4.69, 9.17) is 4.74 Å². The van der Waals surface area contributed by atoms with Crippen LogP contribution in [0.5, 0.6) is 5.75 Å². The molecule has 0 aliphatic heterocycles. The minimum atomic E-state index is -0.255. The van der Waals surface area contributed by atoms with Gasteiger partial charge in [0, 0.05) is 29.9 Å². The summed E-state index contributed by atoms with van der Waals surface area (Å²) in [5, 5.41) is 9.04. The smallest absolute Gasteiger partial charge is 0.239 e. The lowest BCUT2D eigenvalue weighted by Gasteiger charge is -2.21. The summed E-state index contributed by atoms with van der Waals surface area (Å²) in [7, 11) is 3.31. The highest BCUT2D eigenvalue weighted by Crippen LogP contribution is 2.23. The number of guanidine groups is 1. The zero-order valence-electron chi connectivity index (χ0n) is 16.1. The van der Waals surface area contributed by atoms with E-state index in [0.29, 0.717) is 12.5 Å². The fraction of sp³-hybridized carbons (Fsp3) is 0.588. The van der Waals surface area contributed by atoms with Gasteiger partial charge in [-0.25, -0.2) is 0 Å². The highest BCUT2D eigenvalue weighted by atomic mass is 127. The number of amides is 1. The van der Waals surface area contributed by atoms with Crippen LogP contribution < -0.4 is 20.7 Å². The van der Waals surface area contributed by atoms with Gasteiger partial charge in [-0.1, -0.05) is 0 Å². The first-order valence-corrected chi connectivity index (χ1v) is 7.92. The van der Waals surface area contributed by atoms with E-state index in [0.717, 1.165) is 22.6 Å². The Labute approximate surface area is 167 Å². The van der Waals surface area contributed by atoms with Crippen LogP contribution in [0, 0.1) is 13.8 Å². The van der Waals surface area contributed by atoms with Gasteiger partial charge in [-0.2, -0.15) is 0 Å². The first kappa shape index (κ1) is 23.4. The van der Waals surface area contributed by atoms with Crippen LogP contribution in [-0.2, 0) is 11.3 Å². The monoisotopic (exact) mass is 463 g/mol. The molecule has 1 heterocycles. The summed E-state index contributed by atoms with van der Waals surface area (Å²) in [6, 6.07) is 0.